The van der Waals surface area contributed by atoms with E-state index in [1.165, 1.54) is 48.5 Å². The van der Waals surface area contributed by atoms with Crippen LogP contribution in [-0.4, -0.2) is 30.9 Å². The molecule has 7 heteroatoms. The molecule has 122 valence electrons. The van der Waals surface area contributed by atoms with E-state index in [0.29, 0.717) is 10.6 Å². The van der Waals surface area contributed by atoms with E-state index in [1.807, 2.05) is 0 Å². The molecule has 0 saturated heterocycles. The van der Waals surface area contributed by atoms with Gasteiger partial charge in [0.1, 0.15) is 5.82 Å². The van der Waals surface area contributed by atoms with Crippen LogP contribution in [0.4, 0.5) is 4.39 Å². The topological polar surface area (TPSA) is 80.4 Å². The Morgan fingerprint density at radius 1 is 1.13 bits per heavy atom. The second-order valence-corrected chi connectivity index (χ2v) is 8.22. The first-order valence-electron chi connectivity index (χ1n) is 6.95. The Labute approximate surface area is 138 Å². The maximum absolute atomic E-state index is 13.1. The van der Waals surface area contributed by atoms with E-state index in [9.17, 15) is 17.9 Å². The zero-order valence-corrected chi connectivity index (χ0v) is 13.6. The fraction of sp³-hybridized carbons (Fsp3) is 0.250. The van der Waals surface area contributed by atoms with Crippen LogP contribution in [0.1, 0.15) is 11.5 Å². The molecule has 0 radical (unpaired) electrons. The molecule has 1 aliphatic rings. The van der Waals surface area contributed by atoms with Crippen molar-refractivity contribution in [1.82, 2.24) is 0 Å². The predicted molar refractivity (Wildman–Crippen MR) is 85.6 cm³/mol. The summed E-state index contributed by atoms with van der Waals surface area (Å²) in [5.41, 5.74) is 5.42. The molecule has 0 spiro atoms. The molecule has 0 bridgehead atoms. The second kappa shape index (κ2) is 5.56. The van der Waals surface area contributed by atoms with Gasteiger partial charge in [-0.15, -0.1) is 0 Å². The van der Waals surface area contributed by atoms with Gasteiger partial charge in [0, 0.05) is 10.9 Å². The molecule has 0 aliphatic heterocycles. The molecule has 1 aliphatic carbocycles. The molecule has 3 atom stereocenters. The van der Waals surface area contributed by atoms with Gasteiger partial charge in [0.2, 0.25) is 0 Å². The van der Waals surface area contributed by atoms with Crippen molar-refractivity contribution in [2.75, 3.05) is 6.61 Å². The van der Waals surface area contributed by atoms with Crippen molar-refractivity contribution < 1.29 is 17.9 Å². The van der Waals surface area contributed by atoms with E-state index in [4.69, 9.17) is 17.3 Å². The van der Waals surface area contributed by atoms with Crippen LogP contribution in [-0.2, 0) is 9.84 Å². The molecule has 3 N–H and O–H groups in total. The highest BCUT2D eigenvalue weighted by atomic mass is 35.5. The van der Waals surface area contributed by atoms with E-state index >= 15 is 0 Å². The monoisotopic (exact) mass is 355 g/mol. The number of hydrogen-bond acceptors (Lipinski definition) is 4. The van der Waals surface area contributed by atoms with Crippen LogP contribution < -0.4 is 5.73 Å². The lowest BCUT2D eigenvalue weighted by Crippen LogP contribution is -2.35. The molecule has 23 heavy (non-hydrogen) atoms. The van der Waals surface area contributed by atoms with Crippen LogP contribution in [0.3, 0.4) is 0 Å². The van der Waals surface area contributed by atoms with Gasteiger partial charge < -0.3 is 10.8 Å². The smallest absolute Gasteiger partial charge is 0.183 e. The molecule has 1 saturated carbocycles. The van der Waals surface area contributed by atoms with Crippen LogP contribution >= 0.6 is 11.6 Å². The molecular formula is C16H15ClFNO3S. The highest BCUT2D eigenvalue weighted by Gasteiger charge is 2.69. The summed E-state index contributed by atoms with van der Waals surface area (Å²) in [6.07, 6.45) is 0. The standard InChI is InChI=1S/C16H15ClFNO3S/c17-11-3-7-13(8-4-11)23(21,22)15-14(16(15,19)9-20)10-1-5-12(18)6-2-10/h1-8,14-15,20H,9,19H2. The molecular weight excluding hydrogens is 341 g/mol. The Morgan fingerprint density at radius 2 is 1.70 bits per heavy atom. The molecule has 4 nitrogen and oxygen atoms in total. The second-order valence-electron chi connectivity index (χ2n) is 5.72. The lowest BCUT2D eigenvalue weighted by atomic mass is 10.1. The number of hydrogen-bond donors (Lipinski definition) is 2. The van der Waals surface area contributed by atoms with Crippen LogP contribution in [0, 0.1) is 5.82 Å². The molecule has 0 amide bonds. The summed E-state index contributed by atoms with van der Waals surface area (Å²) in [4.78, 5) is 0.0970. The van der Waals surface area contributed by atoms with Crippen LogP contribution in [0.25, 0.3) is 0 Å². The summed E-state index contributed by atoms with van der Waals surface area (Å²) in [7, 11) is -3.75. The maximum Gasteiger partial charge on any atom is 0.183 e. The fourth-order valence-corrected chi connectivity index (χ4v) is 5.43. The number of nitrogens with two attached hydrogens (primary N) is 1. The Kier molecular flexibility index (Phi) is 3.96. The molecule has 2 aromatic rings. The van der Waals surface area contributed by atoms with E-state index in [-0.39, 0.29) is 4.90 Å². The van der Waals surface area contributed by atoms with Gasteiger partial charge in [0.05, 0.1) is 22.3 Å². The largest absolute Gasteiger partial charge is 0.394 e. The molecule has 3 rings (SSSR count). The van der Waals surface area contributed by atoms with Crippen molar-refractivity contribution in [3.05, 3.63) is 64.9 Å². The number of aliphatic hydroxyl groups is 1. The number of rotatable bonds is 4. The van der Waals surface area contributed by atoms with Gasteiger partial charge in [0.25, 0.3) is 0 Å². The summed E-state index contributed by atoms with van der Waals surface area (Å²) >= 11 is 5.78. The summed E-state index contributed by atoms with van der Waals surface area (Å²) in [6.45, 7) is -0.480. The molecule has 0 heterocycles. The van der Waals surface area contributed by atoms with Crippen molar-refractivity contribution in [2.24, 2.45) is 5.73 Å². The summed E-state index contributed by atoms with van der Waals surface area (Å²) < 4.78 is 38.7. The third-order valence-electron chi connectivity index (χ3n) is 4.28. The zero-order chi connectivity index (χ0) is 16.8. The SMILES string of the molecule is NC1(CO)C(c2ccc(F)cc2)C1S(=O)(=O)c1ccc(Cl)cc1. The Bertz CT molecular complexity index is 823. The van der Waals surface area contributed by atoms with Gasteiger partial charge in [-0.2, -0.15) is 0 Å². The van der Waals surface area contributed by atoms with E-state index in [1.54, 1.807) is 0 Å². The van der Waals surface area contributed by atoms with E-state index in [0.717, 1.165) is 0 Å². The van der Waals surface area contributed by atoms with Gasteiger partial charge in [-0.05, 0) is 42.0 Å². The van der Waals surface area contributed by atoms with Crippen molar-refractivity contribution in [1.29, 1.82) is 0 Å². The lowest BCUT2D eigenvalue weighted by molar-refractivity contribution is 0.253. The number of benzene rings is 2. The van der Waals surface area contributed by atoms with Crippen LogP contribution in [0.2, 0.25) is 5.02 Å². The first-order chi connectivity index (χ1) is 10.8. The Morgan fingerprint density at radius 3 is 2.22 bits per heavy atom. The van der Waals surface area contributed by atoms with Crippen molar-refractivity contribution in [3.8, 4) is 0 Å². The summed E-state index contributed by atoms with van der Waals surface area (Å²) in [5, 5.41) is 9.05. The molecule has 1 fully saturated rings. The average Bonchev–Trinajstić information content (AvgIpc) is 3.16. The first kappa shape index (κ1) is 16.4. The first-order valence-corrected chi connectivity index (χ1v) is 8.88. The highest BCUT2D eigenvalue weighted by Crippen LogP contribution is 2.55. The van der Waals surface area contributed by atoms with Crippen molar-refractivity contribution in [3.63, 3.8) is 0 Å². The normalized spacial score (nSPS) is 27.0. The van der Waals surface area contributed by atoms with Gasteiger partial charge in [0.15, 0.2) is 9.84 Å². The third-order valence-corrected chi connectivity index (χ3v) is 6.84. The predicted octanol–water partition coefficient (Wildman–Crippen LogP) is 2.11. The van der Waals surface area contributed by atoms with Gasteiger partial charge >= 0.3 is 0 Å². The average molecular weight is 356 g/mol. The number of sulfone groups is 1. The van der Waals surface area contributed by atoms with E-state index < -0.39 is 39.0 Å². The fourth-order valence-electron chi connectivity index (χ4n) is 3.01. The molecule has 2 aromatic carbocycles. The third kappa shape index (κ3) is 2.65. The van der Waals surface area contributed by atoms with Crippen LogP contribution in [0.15, 0.2) is 53.4 Å². The van der Waals surface area contributed by atoms with Crippen molar-refractivity contribution in [2.45, 2.75) is 21.6 Å². The summed E-state index contributed by atoms with van der Waals surface area (Å²) in [5.74, 6) is -1.01. The Hall–Kier alpha value is -1.47. The number of halogens is 2. The van der Waals surface area contributed by atoms with E-state index in [2.05, 4.69) is 0 Å². The number of aliphatic hydroxyl groups excluding tert-OH is 1. The maximum atomic E-state index is 13.1. The minimum absolute atomic E-state index is 0.0970. The zero-order valence-electron chi connectivity index (χ0n) is 12.0. The highest BCUT2D eigenvalue weighted by molar-refractivity contribution is 7.92. The lowest BCUT2D eigenvalue weighted by Gasteiger charge is -2.08. The van der Waals surface area contributed by atoms with Gasteiger partial charge in [-0.25, -0.2) is 12.8 Å². The molecule has 0 aromatic heterocycles. The molecule has 3 unspecified atom stereocenters. The minimum atomic E-state index is -3.75. The summed E-state index contributed by atoms with van der Waals surface area (Å²) in [6, 6.07) is 11.3. The van der Waals surface area contributed by atoms with Gasteiger partial charge in [-0.1, -0.05) is 23.7 Å². The van der Waals surface area contributed by atoms with Gasteiger partial charge in [-0.3, -0.25) is 0 Å². The quantitative estimate of drug-likeness (QED) is 0.880. The van der Waals surface area contributed by atoms with Crippen molar-refractivity contribution >= 4 is 21.4 Å². The Balaban J connectivity index is 2.01. The minimum Gasteiger partial charge on any atom is -0.394 e. The van der Waals surface area contributed by atoms with Crippen LogP contribution in [0.5, 0.6) is 0 Å².